The zero-order valence-corrected chi connectivity index (χ0v) is 12.7. The molecule has 0 spiro atoms. The van der Waals surface area contributed by atoms with Gasteiger partial charge in [-0.2, -0.15) is 0 Å². The Morgan fingerprint density at radius 3 is 2.95 bits per heavy atom. The highest BCUT2D eigenvalue weighted by Gasteiger charge is 2.51. The van der Waals surface area contributed by atoms with Crippen molar-refractivity contribution in [2.24, 2.45) is 11.8 Å². The van der Waals surface area contributed by atoms with E-state index in [1.165, 1.54) is 51.4 Å². The van der Waals surface area contributed by atoms with Crippen LogP contribution in [0.3, 0.4) is 0 Å². The van der Waals surface area contributed by atoms with E-state index in [-0.39, 0.29) is 0 Å². The number of fused-ring (bicyclic) bond motifs is 1. The summed E-state index contributed by atoms with van der Waals surface area (Å²) in [4.78, 5) is 0. The molecule has 1 heteroatoms. The Morgan fingerprint density at radius 2 is 2.05 bits per heavy atom. The summed E-state index contributed by atoms with van der Waals surface area (Å²) in [6.07, 6.45) is 11.5. The molecule has 3 aliphatic carbocycles. The minimum atomic E-state index is 0.516. The van der Waals surface area contributed by atoms with E-state index in [2.05, 4.69) is 25.1 Å². The average Bonchev–Trinajstić information content (AvgIpc) is 2.48. The van der Waals surface area contributed by atoms with Crippen molar-refractivity contribution in [3.8, 4) is 5.75 Å². The van der Waals surface area contributed by atoms with E-state index < -0.39 is 0 Å². The Labute approximate surface area is 122 Å². The number of benzene rings is 1. The topological polar surface area (TPSA) is 9.23 Å². The Balaban J connectivity index is 1.83. The third-order valence-electron chi connectivity index (χ3n) is 6.28. The SMILES string of the molecule is CCOc1ccc2c(c1)[C@]13CCCC[C@@H]1[C@@H](CCC3)C2. The van der Waals surface area contributed by atoms with Crippen molar-refractivity contribution >= 4 is 0 Å². The molecule has 1 nitrogen and oxygen atoms in total. The van der Waals surface area contributed by atoms with Crippen molar-refractivity contribution in [3.05, 3.63) is 29.3 Å². The van der Waals surface area contributed by atoms with Crippen molar-refractivity contribution in [2.75, 3.05) is 6.61 Å². The Kier molecular flexibility index (Phi) is 3.05. The van der Waals surface area contributed by atoms with E-state index >= 15 is 0 Å². The Bertz CT molecular complexity index is 502. The van der Waals surface area contributed by atoms with E-state index in [0.717, 1.165) is 24.2 Å². The van der Waals surface area contributed by atoms with E-state index in [1.54, 1.807) is 11.1 Å². The number of ether oxygens (including phenoxy) is 1. The summed E-state index contributed by atoms with van der Waals surface area (Å²) < 4.78 is 5.79. The summed E-state index contributed by atoms with van der Waals surface area (Å²) in [5.74, 6) is 3.03. The second kappa shape index (κ2) is 4.79. The molecule has 0 heterocycles. The minimum absolute atomic E-state index is 0.516. The van der Waals surface area contributed by atoms with Crippen molar-refractivity contribution in [1.82, 2.24) is 0 Å². The predicted molar refractivity (Wildman–Crippen MR) is 82.3 cm³/mol. The van der Waals surface area contributed by atoms with Gasteiger partial charge in [-0.3, -0.25) is 0 Å². The quantitative estimate of drug-likeness (QED) is 0.745. The maximum absolute atomic E-state index is 5.79. The predicted octanol–water partition coefficient (Wildman–Crippen LogP) is 4.87. The van der Waals surface area contributed by atoms with Gasteiger partial charge in [0.1, 0.15) is 5.75 Å². The van der Waals surface area contributed by atoms with Gasteiger partial charge in [0, 0.05) is 0 Å². The first kappa shape index (κ1) is 12.7. The molecule has 108 valence electrons. The highest BCUT2D eigenvalue weighted by molar-refractivity contribution is 5.44. The van der Waals surface area contributed by atoms with Crippen LogP contribution in [0.4, 0.5) is 0 Å². The van der Waals surface area contributed by atoms with Crippen LogP contribution < -0.4 is 4.74 Å². The first-order chi connectivity index (χ1) is 9.83. The summed E-state index contributed by atoms with van der Waals surface area (Å²) in [5.41, 5.74) is 3.82. The van der Waals surface area contributed by atoms with Crippen molar-refractivity contribution < 1.29 is 4.74 Å². The zero-order valence-electron chi connectivity index (χ0n) is 12.7. The van der Waals surface area contributed by atoms with Crippen LogP contribution >= 0.6 is 0 Å². The lowest BCUT2D eigenvalue weighted by Gasteiger charge is -2.55. The average molecular weight is 270 g/mol. The largest absolute Gasteiger partial charge is 0.494 e. The number of hydrogen-bond acceptors (Lipinski definition) is 1. The fourth-order valence-electron chi connectivity index (χ4n) is 5.59. The molecule has 0 N–H and O–H groups in total. The zero-order chi connectivity index (χ0) is 13.6. The highest BCUT2D eigenvalue weighted by Crippen LogP contribution is 2.58. The summed E-state index contributed by atoms with van der Waals surface area (Å²) in [6.45, 7) is 2.86. The standard InChI is InChI=1S/C19H26O/c1-2-20-16-9-8-15-12-14-6-5-11-19(18(15)13-16)10-4-3-7-17(14)19/h8-9,13-14,17H,2-7,10-12H2,1H3/t14-,17+,19-/m0/s1. The lowest BCUT2D eigenvalue weighted by molar-refractivity contribution is 0.0520. The van der Waals surface area contributed by atoms with Gasteiger partial charge in [0.15, 0.2) is 0 Å². The second-order valence-electron chi connectivity index (χ2n) is 7.12. The lowest BCUT2D eigenvalue weighted by atomic mass is 9.49. The molecule has 2 fully saturated rings. The molecule has 2 saturated carbocycles. The summed E-state index contributed by atoms with van der Waals surface area (Å²) >= 11 is 0. The highest BCUT2D eigenvalue weighted by atomic mass is 16.5. The molecule has 0 unspecified atom stereocenters. The number of rotatable bonds is 2. The molecular formula is C19H26O. The maximum Gasteiger partial charge on any atom is 0.119 e. The third-order valence-corrected chi connectivity index (χ3v) is 6.28. The molecule has 0 aromatic heterocycles. The Morgan fingerprint density at radius 1 is 1.15 bits per heavy atom. The van der Waals surface area contributed by atoms with Gasteiger partial charge in [-0.25, -0.2) is 0 Å². The lowest BCUT2D eigenvalue weighted by Crippen LogP contribution is -2.49. The molecule has 1 aromatic rings. The Hall–Kier alpha value is -0.980. The van der Waals surface area contributed by atoms with Gasteiger partial charge in [0.25, 0.3) is 0 Å². The molecule has 0 amide bonds. The number of hydrogen-bond donors (Lipinski definition) is 0. The molecule has 0 radical (unpaired) electrons. The van der Waals surface area contributed by atoms with Crippen LogP contribution in [0.25, 0.3) is 0 Å². The van der Waals surface area contributed by atoms with Crippen molar-refractivity contribution in [1.29, 1.82) is 0 Å². The van der Waals surface area contributed by atoms with Gasteiger partial charge < -0.3 is 4.74 Å². The van der Waals surface area contributed by atoms with E-state index in [0.29, 0.717) is 5.41 Å². The molecule has 3 aliphatic rings. The van der Waals surface area contributed by atoms with Gasteiger partial charge in [0.2, 0.25) is 0 Å². The van der Waals surface area contributed by atoms with Crippen LogP contribution in [0, 0.1) is 11.8 Å². The van der Waals surface area contributed by atoms with Gasteiger partial charge in [-0.1, -0.05) is 25.3 Å². The van der Waals surface area contributed by atoms with Crippen LogP contribution in [0.5, 0.6) is 5.75 Å². The monoisotopic (exact) mass is 270 g/mol. The van der Waals surface area contributed by atoms with Crippen LogP contribution in [-0.4, -0.2) is 6.61 Å². The summed E-state index contributed by atoms with van der Waals surface area (Å²) in [5, 5.41) is 0. The minimum Gasteiger partial charge on any atom is -0.494 e. The smallest absolute Gasteiger partial charge is 0.119 e. The van der Waals surface area contributed by atoms with Crippen LogP contribution in [-0.2, 0) is 11.8 Å². The molecular weight excluding hydrogens is 244 g/mol. The first-order valence-corrected chi connectivity index (χ1v) is 8.60. The fraction of sp³-hybridized carbons (Fsp3) is 0.684. The van der Waals surface area contributed by atoms with Gasteiger partial charge in [0.05, 0.1) is 6.61 Å². The van der Waals surface area contributed by atoms with E-state index in [9.17, 15) is 0 Å². The first-order valence-electron chi connectivity index (χ1n) is 8.60. The third kappa shape index (κ3) is 1.75. The molecule has 1 aromatic carbocycles. The fourth-order valence-corrected chi connectivity index (χ4v) is 5.59. The second-order valence-corrected chi connectivity index (χ2v) is 7.12. The molecule has 0 aliphatic heterocycles. The van der Waals surface area contributed by atoms with Crippen molar-refractivity contribution in [2.45, 2.75) is 63.7 Å². The van der Waals surface area contributed by atoms with Crippen LogP contribution in [0.15, 0.2) is 18.2 Å². The molecule has 4 rings (SSSR count). The molecule has 2 bridgehead atoms. The van der Waals surface area contributed by atoms with E-state index in [1.807, 2.05) is 0 Å². The molecule has 20 heavy (non-hydrogen) atoms. The molecule has 3 atom stereocenters. The van der Waals surface area contributed by atoms with E-state index in [4.69, 9.17) is 4.74 Å². The van der Waals surface area contributed by atoms with Crippen LogP contribution in [0.1, 0.15) is 63.0 Å². The molecule has 0 saturated heterocycles. The van der Waals surface area contributed by atoms with Crippen molar-refractivity contribution in [3.63, 3.8) is 0 Å². The van der Waals surface area contributed by atoms with Gasteiger partial charge in [-0.05, 0) is 79.5 Å². The maximum atomic E-state index is 5.79. The van der Waals surface area contributed by atoms with Gasteiger partial charge >= 0.3 is 0 Å². The van der Waals surface area contributed by atoms with Gasteiger partial charge in [-0.15, -0.1) is 0 Å². The van der Waals surface area contributed by atoms with Crippen LogP contribution in [0.2, 0.25) is 0 Å². The summed E-state index contributed by atoms with van der Waals surface area (Å²) in [6, 6.07) is 6.96. The normalized spacial score (nSPS) is 35.0. The summed E-state index contributed by atoms with van der Waals surface area (Å²) in [7, 11) is 0.